The van der Waals surface area contributed by atoms with Crippen LogP contribution in [0.1, 0.15) is 29.8 Å². The molecule has 126 valence electrons. The van der Waals surface area contributed by atoms with Crippen molar-refractivity contribution < 1.29 is 14.5 Å². The fourth-order valence-electron chi connectivity index (χ4n) is 2.48. The van der Waals surface area contributed by atoms with Gasteiger partial charge in [0.1, 0.15) is 0 Å². The first-order valence-electron chi connectivity index (χ1n) is 8.07. The van der Waals surface area contributed by atoms with Gasteiger partial charge in [0.15, 0.2) is 12.3 Å². The maximum absolute atomic E-state index is 12.7. The van der Waals surface area contributed by atoms with E-state index in [9.17, 15) is 9.59 Å². The summed E-state index contributed by atoms with van der Waals surface area (Å²) in [7, 11) is 0. The van der Waals surface area contributed by atoms with E-state index in [1.807, 2.05) is 19.9 Å². The molecule has 0 atom stereocenters. The highest BCUT2D eigenvalue weighted by Crippen LogP contribution is 2.23. The first-order chi connectivity index (χ1) is 11.5. The number of likely N-dealkylation sites (N-methyl/N-ethyl adjacent to an activating group) is 1. The average molecular weight is 346 g/mol. The Balaban J connectivity index is 2.25. The van der Waals surface area contributed by atoms with E-state index in [0.29, 0.717) is 28.4 Å². The molecule has 0 heterocycles. The number of carbonyl (C=O) groups excluding carboxylic acids is 2. The SMILES string of the molecule is CC[NH+](CC)CC(=O)Nc1ccc(Cl)cc1C(=O)c1ccccc1. The Hall–Kier alpha value is -2.17. The Labute approximate surface area is 147 Å². The van der Waals surface area contributed by atoms with Crippen LogP contribution in [0.5, 0.6) is 0 Å². The summed E-state index contributed by atoms with van der Waals surface area (Å²) in [5.74, 6) is -0.276. The van der Waals surface area contributed by atoms with E-state index in [1.165, 1.54) is 4.90 Å². The molecule has 2 N–H and O–H groups in total. The maximum Gasteiger partial charge on any atom is 0.279 e. The van der Waals surface area contributed by atoms with Gasteiger partial charge in [-0.15, -0.1) is 0 Å². The first kappa shape index (κ1) is 18.2. The Bertz CT molecular complexity index is 713. The van der Waals surface area contributed by atoms with Crippen molar-refractivity contribution in [2.45, 2.75) is 13.8 Å². The zero-order chi connectivity index (χ0) is 17.5. The van der Waals surface area contributed by atoms with E-state index in [2.05, 4.69) is 5.32 Å². The summed E-state index contributed by atoms with van der Waals surface area (Å²) in [5, 5.41) is 3.31. The molecule has 4 nitrogen and oxygen atoms in total. The van der Waals surface area contributed by atoms with Crippen LogP contribution < -0.4 is 10.2 Å². The highest BCUT2D eigenvalue weighted by molar-refractivity contribution is 6.31. The van der Waals surface area contributed by atoms with Crippen LogP contribution in [0, 0.1) is 0 Å². The minimum atomic E-state index is -0.163. The molecule has 0 aliphatic heterocycles. The second-order valence-electron chi connectivity index (χ2n) is 5.57. The van der Waals surface area contributed by atoms with E-state index >= 15 is 0 Å². The Morgan fingerprint density at radius 3 is 2.33 bits per heavy atom. The van der Waals surface area contributed by atoms with Gasteiger partial charge < -0.3 is 10.2 Å². The third kappa shape index (κ3) is 4.66. The average Bonchev–Trinajstić information content (AvgIpc) is 2.61. The lowest BCUT2D eigenvalue weighted by molar-refractivity contribution is -0.888. The van der Waals surface area contributed by atoms with Gasteiger partial charge in [-0.1, -0.05) is 41.9 Å². The molecule has 2 aromatic rings. The van der Waals surface area contributed by atoms with E-state index < -0.39 is 0 Å². The number of amides is 1. The van der Waals surface area contributed by atoms with Gasteiger partial charge in [-0.25, -0.2) is 0 Å². The number of hydrogen-bond acceptors (Lipinski definition) is 2. The smallest absolute Gasteiger partial charge is 0.279 e. The van der Waals surface area contributed by atoms with Crippen molar-refractivity contribution in [2.75, 3.05) is 25.0 Å². The molecular formula is C19H22ClN2O2+. The number of ketones is 1. The van der Waals surface area contributed by atoms with Crippen molar-refractivity contribution >= 4 is 29.0 Å². The largest absolute Gasteiger partial charge is 0.328 e. The summed E-state index contributed by atoms with van der Waals surface area (Å²) in [5.41, 5.74) is 1.45. The molecule has 0 aromatic heterocycles. The van der Waals surface area contributed by atoms with Gasteiger partial charge in [0, 0.05) is 16.1 Å². The summed E-state index contributed by atoms with van der Waals surface area (Å²) >= 11 is 6.05. The number of hydrogen-bond donors (Lipinski definition) is 2. The zero-order valence-corrected chi connectivity index (χ0v) is 14.7. The summed E-state index contributed by atoms with van der Waals surface area (Å²) < 4.78 is 0. The Morgan fingerprint density at radius 2 is 1.71 bits per heavy atom. The fraction of sp³-hybridized carbons (Fsp3) is 0.263. The monoisotopic (exact) mass is 345 g/mol. The summed E-state index contributed by atoms with van der Waals surface area (Å²) in [4.78, 5) is 26.2. The highest BCUT2D eigenvalue weighted by atomic mass is 35.5. The molecule has 0 spiro atoms. The van der Waals surface area contributed by atoms with Crippen LogP contribution in [0.25, 0.3) is 0 Å². The molecule has 0 saturated carbocycles. The molecule has 0 aliphatic rings. The predicted octanol–water partition coefficient (Wildman–Crippen LogP) is 2.43. The van der Waals surface area contributed by atoms with Crippen LogP contribution in [-0.2, 0) is 4.79 Å². The molecule has 0 radical (unpaired) electrons. The first-order valence-corrected chi connectivity index (χ1v) is 8.45. The van der Waals surface area contributed by atoms with E-state index in [1.54, 1.807) is 42.5 Å². The van der Waals surface area contributed by atoms with Crippen LogP contribution in [0.2, 0.25) is 5.02 Å². The van der Waals surface area contributed by atoms with E-state index in [-0.39, 0.29) is 11.7 Å². The number of quaternary nitrogens is 1. The summed E-state index contributed by atoms with van der Waals surface area (Å²) in [6.45, 7) is 6.20. The summed E-state index contributed by atoms with van der Waals surface area (Å²) in [6.07, 6.45) is 0. The molecule has 0 bridgehead atoms. The lowest BCUT2D eigenvalue weighted by atomic mass is 10.0. The van der Waals surface area contributed by atoms with Crippen molar-refractivity contribution in [1.82, 2.24) is 0 Å². The van der Waals surface area contributed by atoms with Crippen LogP contribution >= 0.6 is 11.6 Å². The molecule has 0 saturated heterocycles. The summed E-state index contributed by atoms with van der Waals surface area (Å²) in [6, 6.07) is 13.9. The lowest BCUT2D eigenvalue weighted by Crippen LogP contribution is -3.12. The molecule has 2 aromatic carbocycles. The number of benzene rings is 2. The van der Waals surface area contributed by atoms with E-state index in [0.717, 1.165) is 13.1 Å². The second kappa shape index (κ2) is 8.62. The van der Waals surface area contributed by atoms with Crippen LogP contribution in [-0.4, -0.2) is 31.3 Å². The van der Waals surface area contributed by atoms with Gasteiger partial charge in [0.05, 0.1) is 18.8 Å². The zero-order valence-electron chi connectivity index (χ0n) is 13.9. The third-order valence-electron chi connectivity index (χ3n) is 3.95. The van der Waals surface area contributed by atoms with Crippen LogP contribution in [0.3, 0.4) is 0 Å². The van der Waals surface area contributed by atoms with Gasteiger partial charge in [0.2, 0.25) is 0 Å². The maximum atomic E-state index is 12.7. The normalized spacial score (nSPS) is 10.7. The van der Waals surface area contributed by atoms with Crippen molar-refractivity contribution in [3.63, 3.8) is 0 Å². The predicted molar refractivity (Wildman–Crippen MR) is 96.9 cm³/mol. The highest BCUT2D eigenvalue weighted by Gasteiger charge is 2.17. The topological polar surface area (TPSA) is 50.6 Å². The molecule has 0 unspecified atom stereocenters. The van der Waals surface area contributed by atoms with Gasteiger partial charge in [-0.2, -0.15) is 0 Å². The van der Waals surface area contributed by atoms with E-state index in [4.69, 9.17) is 11.6 Å². The molecule has 0 aliphatic carbocycles. The van der Waals surface area contributed by atoms with Gasteiger partial charge >= 0.3 is 0 Å². The number of carbonyl (C=O) groups is 2. The fourth-order valence-corrected chi connectivity index (χ4v) is 2.65. The number of halogens is 1. The van der Waals surface area contributed by atoms with Crippen molar-refractivity contribution in [3.05, 3.63) is 64.7 Å². The minimum absolute atomic E-state index is 0.113. The van der Waals surface area contributed by atoms with Gasteiger partial charge in [-0.3, -0.25) is 9.59 Å². The number of anilines is 1. The number of nitrogens with one attached hydrogen (secondary N) is 2. The van der Waals surface area contributed by atoms with Crippen LogP contribution in [0.4, 0.5) is 5.69 Å². The van der Waals surface area contributed by atoms with Crippen molar-refractivity contribution in [3.8, 4) is 0 Å². The van der Waals surface area contributed by atoms with Crippen molar-refractivity contribution in [2.24, 2.45) is 0 Å². The number of rotatable bonds is 7. The van der Waals surface area contributed by atoms with Crippen LogP contribution in [0.15, 0.2) is 48.5 Å². The van der Waals surface area contributed by atoms with Gasteiger partial charge in [-0.05, 0) is 32.0 Å². The molecule has 1 amide bonds. The lowest BCUT2D eigenvalue weighted by Gasteiger charge is -2.16. The third-order valence-corrected chi connectivity index (χ3v) is 4.18. The standard InChI is InChI=1S/C19H21ClN2O2/c1-3-22(4-2)13-18(23)21-17-11-10-15(20)12-16(17)19(24)14-8-6-5-7-9-14/h5-12H,3-4,13H2,1-2H3,(H,21,23)/p+1. The molecular weight excluding hydrogens is 324 g/mol. The minimum Gasteiger partial charge on any atom is -0.328 e. The Kier molecular flexibility index (Phi) is 6.53. The van der Waals surface area contributed by atoms with Crippen molar-refractivity contribution in [1.29, 1.82) is 0 Å². The second-order valence-corrected chi connectivity index (χ2v) is 6.00. The molecule has 24 heavy (non-hydrogen) atoms. The molecule has 2 rings (SSSR count). The Morgan fingerprint density at radius 1 is 1.04 bits per heavy atom. The van der Waals surface area contributed by atoms with Gasteiger partial charge in [0.25, 0.3) is 5.91 Å². The molecule has 0 fully saturated rings. The quantitative estimate of drug-likeness (QED) is 0.757. The molecule has 5 heteroatoms.